The van der Waals surface area contributed by atoms with Gasteiger partial charge in [-0.05, 0) is 42.5 Å². The number of piperazine rings is 1. The minimum Gasteiger partial charge on any atom is -0.367 e. The van der Waals surface area contributed by atoms with Gasteiger partial charge in [-0.15, -0.1) is 0 Å². The normalized spacial score (nSPS) is 15.4. The molecule has 6 rings (SSSR count). The Labute approximate surface area is 208 Å². The predicted molar refractivity (Wildman–Crippen MR) is 139 cm³/mol. The molecule has 2 heterocycles. The topological polar surface area (TPSA) is 73.0 Å². The van der Waals surface area contributed by atoms with Gasteiger partial charge in [0.25, 0.3) is 17.7 Å². The van der Waals surface area contributed by atoms with Crippen molar-refractivity contribution in [1.82, 2.24) is 9.91 Å². The highest BCUT2D eigenvalue weighted by molar-refractivity contribution is 6.27. The molecule has 1 fully saturated rings. The van der Waals surface area contributed by atoms with Crippen LogP contribution in [0.25, 0.3) is 10.8 Å². The summed E-state index contributed by atoms with van der Waals surface area (Å²) in [7, 11) is 0. The van der Waals surface area contributed by atoms with E-state index in [0.717, 1.165) is 16.1 Å². The van der Waals surface area contributed by atoms with Crippen LogP contribution in [-0.4, -0.2) is 53.8 Å². The summed E-state index contributed by atoms with van der Waals surface area (Å²) in [6, 6.07) is 27.8. The number of para-hydroxylation sites is 1. The third-order valence-electron chi connectivity index (χ3n) is 6.83. The van der Waals surface area contributed by atoms with Crippen molar-refractivity contribution in [3.05, 3.63) is 108 Å². The standard InChI is InChI=1S/C29H24N4O3/c34-27(20-8-3-1-4-9-20)32-18-16-31(17-19-32)25-15-14-24-26-22(25)12-7-13-23(26)28(35)33(29(24)36)30-21-10-5-2-6-11-21/h1-15,30H,16-19H2. The summed E-state index contributed by atoms with van der Waals surface area (Å²) >= 11 is 0. The molecule has 0 spiro atoms. The molecule has 7 nitrogen and oxygen atoms in total. The van der Waals surface area contributed by atoms with Gasteiger partial charge < -0.3 is 9.80 Å². The van der Waals surface area contributed by atoms with Crippen LogP contribution in [0.4, 0.5) is 11.4 Å². The summed E-state index contributed by atoms with van der Waals surface area (Å²) in [6.07, 6.45) is 0. The van der Waals surface area contributed by atoms with E-state index in [-0.39, 0.29) is 17.7 Å². The average molecular weight is 477 g/mol. The lowest BCUT2D eigenvalue weighted by Gasteiger charge is -2.37. The summed E-state index contributed by atoms with van der Waals surface area (Å²) in [5, 5.41) is 2.63. The van der Waals surface area contributed by atoms with E-state index in [1.807, 2.05) is 83.8 Å². The largest absolute Gasteiger partial charge is 0.367 e. The van der Waals surface area contributed by atoms with Crippen molar-refractivity contribution >= 4 is 39.9 Å². The Bertz CT molecular complexity index is 1460. The van der Waals surface area contributed by atoms with Crippen molar-refractivity contribution in [1.29, 1.82) is 0 Å². The first-order valence-corrected chi connectivity index (χ1v) is 12.0. The minimum absolute atomic E-state index is 0.0364. The Balaban J connectivity index is 1.28. The maximum Gasteiger partial charge on any atom is 0.280 e. The molecule has 0 aliphatic carbocycles. The van der Waals surface area contributed by atoms with E-state index in [4.69, 9.17) is 0 Å². The molecule has 0 bridgehead atoms. The van der Waals surface area contributed by atoms with Gasteiger partial charge in [-0.2, -0.15) is 5.01 Å². The Morgan fingerprint density at radius 1 is 0.667 bits per heavy atom. The van der Waals surface area contributed by atoms with Gasteiger partial charge in [0, 0.05) is 48.2 Å². The van der Waals surface area contributed by atoms with E-state index < -0.39 is 0 Å². The molecule has 2 aliphatic heterocycles. The average Bonchev–Trinajstić information content (AvgIpc) is 2.94. The molecule has 36 heavy (non-hydrogen) atoms. The van der Waals surface area contributed by atoms with Crippen molar-refractivity contribution in [3.63, 3.8) is 0 Å². The minimum atomic E-state index is -0.377. The molecule has 1 saturated heterocycles. The molecular formula is C29H24N4O3. The molecule has 7 heteroatoms. The van der Waals surface area contributed by atoms with Crippen molar-refractivity contribution in [2.45, 2.75) is 0 Å². The summed E-state index contributed by atoms with van der Waals surface area (Å²) in [6.45, 7) is 2.54. The lowest BCUT2D eigenvalue weighted by Crippen LogP contribution is -2.49. The monoisotopic (exact) mass is 476 g/mol. The summed E-state index contributed by atoms with van der Waals surface area (Å²) in [5.74, 6) is -0.718. The Morgan fingerprint density at radius 3 is 2.00 bits per heavy atom. The number of amides is 3. The second-order valence-corrected chi connectivity index (χ2v) is 8.93. The highest BCUT2D eigenvalue weighted by atomic mass is 16.2. The number of benzene rings is 4. The van der Waals surface area contributed by atoms with Crippen LogP contribution in [0.15, 0.2) is 91.0 Å². The van der Waals surface area contributed by atoms with Gasteiger partial charge >= 0.3 is 0 Å². The molecule has 4 aromatic carbocycles. The molecular weight excluding hydrogens is 452 g/mol. The highest BCUT2D eigenvalue weighted by Gasteiger charge is 2.34. The van der Waals surface area contributed by atoms with Crippen LogP contribution in [0.5, 0.6) is 0 Å². The number of carbonyl (C=O) groups is 3. The molecule has 0 unspecified atom stereocenters. The van der Waals surface area contributed by atoms with E-state index in [1.54, 1.807) is 12.1 Å². The van der Waals surface area contributed by atoms with Crippen LogP contribution >= 0.6 is 0 Å². The smallest absolute Gasteiger partial charge is 0.280 e. The molecule has 3 amide bonds. The zero-order valence-corrected chi connectivity index (χ0v) is 19.6. The maximum atomic E-state index is 13.3. The van der Waals surface area contributed by atoms with E-state index in [1.165, 1.54) is 0 Å². The zero-order chi connectivity index (χ0) is 24.6. The van der Waals surface area contributed by atoms with E-state index in [9.17, 15) is 14.4 Å². The third kappa shape index (κ3) is 3.65. The van der Waals surface area contributed by atoms with Crippen LogP contribution < -0.4 is 10.3 Å². The van der Waals surface area contributed by atoms with Crippen molar-refractivity contribution in [2.24, 2.45) is 0 Å². The van der Waals surface area contributed by atoms with Crippen LogP contribution in [0.2, 0.25) is 0 Å². The number of nitrogens with zero attached hydrogens (tertiary/aromatic N) is 3. The Morgan fingerprint density at radius 2 is 1.31 bits per heavy atom. The molecule has 0 saturated carbocycles. The van der Waals surface area contributed by atoms with Gasteiger partial charge in [0.05, 0.1) is 16.8 Å². The number of hydrogen-bond donors (Lipinski definition) is 1. The van der Waals surface area contributed by atoms with Crippen LogP contribution in [0.3, 0.4) is 0 Å². The number of hydrazine groups is 1. The summed E-state index contributed by atoms with van der Waals surface area (Å²) < 4.78 is 0. The van der Waals surface area contributed by atoms with Crippen molar-refractivity contribution in [2.75, 3.05) is 36.5 Å². The lowest BCUT2D eigenvalue weighted by molar-refractivity contribution is 0.0647. The van der Waals surface area contributed by atoms with Crippen molar-refractivity contribution in [3.8, 4) is 0 Å². The van der Waals surface area contributed by atoms with Gasteiger partial charge in [0.15, 0.2) is 0 Å². The predicted octanol–water partition coefficient (Wildman–Crippen LogP) is 4.43. The van der Waals surface area contributed by atoms with Crippen molar-refractivity contribution < 1.29 is 14.4 Å². The molecule has 0 radical (unpaired) electrons. The van der Waals surface area contributed by atoms with Gasteiger partial charge in [-0.25, -0.2) is 0 Å². The van der Waals surface area contributed by atoms with Crippen LogP contribution in [0.1, 0.15) is 31.1 Å². The number of anilines is 2. The number of rotatable bonds is 4. The first-order valence-electron chi connectivity index (χ1n) is 12.0. The number of carbonyl (C=O) groups excluding carboxylic acids is 3. The molecule has 0 atom stereocenters. The van der Waals surface area contributed by atoms with Gasteiger partial charge in [0.2, 0.25) is 0 Å². The molecule has 0 aromatic heterocycles. The second kappa shape index (κ2) is 8.85. The number of imide groups is 1. The first kappa shape index (κ1) is 21.9. The fourth-order valence-corrected chi connectivity index (χ4v) is 5.01. The molecule has 2 aliphatic rings. The van der Waals surface area contributed by atoms with Gasteiger partial charge in [-0.1, -0.05) is 48.5 Å². The maximum absolute atomic E-state index is 13.3. The summed E-state index contributed by atoms with van der Waals surface area (Å²) in [5.41, 5.74) is 6.26. The van der Waals surface area contributed by atoms with Crippen LogP contribution in [-0.2, 0) is 0 Å². The quantitative estimate of drug-likeness (QED) is 0.442. The first-order chi connectivity index (χ1) is 17.6. The highest BCUT2D eigenvalue weighted by Crippen LogP contribution is 2.36. The van der Waals surface area contributed by atoms with E-state index in [0.29, 0.717) is 53.9 Å². The molecule has 1 N–H and O–H groups in total. The van der Waals surface area contributed by atoms with Crippen LogP contribution in [0, 0.1) is 0 Å². The van der Waals surface area contributed by atoms with Gasteiger partial charge in [-0.3, -0.25) is 19.8 Å². The Hall–Kier alpha value is -4.65. The van der Waals surface area contributed by atoms with E-state index >= 15 is 0 Å². The van der Waals surface area contributed by atoms with Gasteiger partial charge in [0.1, 0.15) is 0 Å². The fraction of sp³-hybridized carbons (Fsp3) is 0.138. The second-order valence-electron chi connectivity index (χ2n) is 8.93. The summed E-state index contributed by atoms with van der Waals surface area (Å²) in [4.78, 5) is 43.6. The number of nitrogens with one attached hydrogen (secondary N) is 1. The van der Waals surface area contributed by atoms with E-state index in [2.05, 4.69) is 10.3 Å². The molecule has 178 valence electrons. The SMILES string of the molecule is O=C(c1ccccc1)N1CCN(c2ccc3c4c(cccc24)C(=O)N(Nc2ccccc2)C3=O)CC1. The lowest BCUT2D eigenvalue weighted by atomic mass is 9.93. The zero-order valence-electron chi connectivity index (χ0n) is 19.6. The molecule has 4 aromatic rings. The fourth-order valence-electron chi connectivity index (χ4n) is 5.01. The third-order valence-corrected chi connectivity index (χ3v) is 6.83. The Kier molecular flexibility index (Phi) is 5.37. The number of hydrogen-bond acceptors (Lipinski definition) is 5.